The molecule has 0 atom stereocenters. The van der Waals surface area contributed by atoms with Crippen molar-refractivity contribution in [2.75, 3.05) is 6.54 Å². The quantitative estimate of drug-likeness (QED) is 0.791. The van der Waals surface area contributed by atoms with E-state index in [4.69, 9.17) is 0 Å². The molecule has 1 aliphatic heterocycles. The summed E-state index contributed by atoms with van der Waals surface area (Å²) in [5.74, 6) is -1.23. The van der Waals surface area contributed by atoms with Gasteiger partial charge in [0.2, 0.25) is 5.91 Å². The van der Waals surface area contributed by atoms with Crippen molar-refractivity contribution < 1.29 is 14.4 Å². The Morgan fingerprint density at radius 1 is 1.50 bits per heavy atom. The number of carbonyl (C=O) groups is 3. The van der Waals surface area contributed by atoms with Crippen LogP contribution >= 0.6 is 27.3 Å². The number of amides is 3. The number of hydrogen-bond donors (Lipinski definition) is 1. The van der Waals surface area contributed by atoms with Gasteiger partial charge in [-0.25, -0.2) is 0 Å². The molecule has 2 heterocycles. The van der Waals surface area contributed by atoms with E-state index in [1.165, 1.54) is 16.2 Å². The molecular weight excluding hydrogens is 320 g/mol. The molecule has 1 N–H and O–H groups in total. The number of carbonyl (C=O) groups excluding carboxylic acids is 3. The molecule has 5 nitrogen and oxygen atoms in total. The van der Waals surface area contributed by atoms with Crippen LogP contribution in [0, 0.1) is 0 Å². The molecule has 96 valence electrons. The summed E-state index contributed by atoms with van der Waals surface area (Å²) in [6.45, 7) is 3.13. The van der Waals surface area contributed by atoms with Gasteiger partial charge in [-0.1, -0.05) is 0 Å². The lowest BCUT2D eigenvalue weighted by molar-refractivity contribution is -0.143. The molecule has 1 aliphatic rings. The number of hydrogen-bond acceptors (Lipinski definition) is 4. The first kappa shape index (κ1) is 13.2. The van der Waals surface area contributed by atoms with Crippen LogP contribution < -0.4 is 5.32 Å². The second-order valence-electron chi connectivity index (χ2n) is 4.47. The smallest absolute Gasteiger partial charge is 0.256 e. The minimum absolute atomic E-state index is 0.106. The highest BCUT2D eigenvalue weighted by Gasteiger charge is 2.43. The first-order valence-electron chi connectivity index (χ1n) is 5.22. The predicted molar refractivity (Wildman–Crippen MR) is 70.3 cm³/mol. The van der Waals surface area contributed by atoms with Gasteiger partial charge in [0.15, 0.2) is 0 Å². The van der Waals surface area contributed by atoms with Gasteiger partial charge in [-0.15, -0.1) is 11.3 Å². The zero-order valence-electron chi connectivity index (χ0n) is 9.82. The molecule has 1 aromatic heterocycles. The highest BCUT2D eigenvalue weighted by Crippen LogP contribution is 2.25. The molecule has 1 fully saturated rings. The highest BCUT2D eigenvalue weighted by molar-refractivity contribution is 9.11. The Morgan fingerprint density at radius 2 is 2.17 bits per heavy atom. The Labute approximate surface area is 116 Å². The summed E-state index contributed by atoms with van der Waals surface area (Å²) in [7, 11) is 0. The van der Waals surface area contributed by atoms with E-state index in [9.17, 15) is 14.4 Å². The average Bonchev–Trinajstić information content (AvgIpc) is 2.70. The Balaban J connectivity index is 2.33. The maximum absolute atomic E-state index is 12.3. The van der Waals surface area contributed by atoms with E-state index >= 15 is 0 Å². The van der Waals surface area contributed by atoms with Gasteiger partial charge in [-0.3, -0.25) is 19.7 Å². The Morgan fingerprint density at radius 3 is 2.72 bits per heavy atom. The monoisotopic (exact) mass is 330 g/mol. The predicted octanol–water partition coefficient (Wildman–Crippen LogP) is 1.39. The summed E-state index contributed by atoms with van der Waals surface area (Å²) >= 11 is 4.66. The minimum atomic E-state index is -1.03. The van der Waals surface area contributed by atoms with Crippen LogP contribution in [0.2, 0.25) is 0 Å². The zero-order valence-corrected chi connectivity index (χ0v) is 12.2. The minimum Gasteiger partial charge on any atom is -0.315 e. The van der Waals surface area contributed by atoms with Gasteiger partial charge < -0.3 is 4.90 Å². The van der Waals surface area contributed by atoms with Crippen LogP contribution in [0.15, 0.2) is 15.2 Å². The van der Waals surface area contributed by atoms with Crippen LogP contribution in [-0.2, 0) is 9.59 Å². The maximum Gasteiger partial charge on any atom is 0.256 e. The average molecular weight is 331 g/mol. The number of nitrogens with zero attached hydrogens (tertiary/aromatic N) is 1. The Bertz CT molecular complexity index is 538. The van der Waals surface area contributed by atoms with E-state index in [2.05, 4.69) is 21.2 Å². The van der Waals surface area contributed by atoms with Gasteiger partial charge in [-0.05, 0) is 35.8 Å². The third-order valence-electron chi connectivity index (χ3n) is 2.84. The normalized spacial score (nSPS) is 18.7. The highest BCUT2D eigenvalue weighted by atomic mass is 79.9. The molecule has 0 aromatic carbocycles. The van der Waals surface area contributed by atoms with Crippen LogP contribution in [0.5, 0.6) is 0 Å². The third-order valence-corrected chi connectivity index (χ3v) is 4.35. The first-order valence-corrected chi connectivity index (χ1v) is 6.90. The topological polar surface area (TPSA) is 66.5 Å². The number of nitrogens with one attached hydrogen (secondary N) is 1. The number of halogens is 1. The molecule has 7 heteroatoms. The first-order chi connectivity index (χ1) is 8.32. The summed E-state index contributed by atoms with van der Waals surface area (Å²) in [6, 6.07) is 1.68. The van der Waals surface area contributed by atoms with E-state index in [-0.39, 0.29) is 12.5 Å². The van der Waals surface area contributed by atoms with E-state index in [0.717, 1.165) is 3.79 Å². The molecule has 3 amide bonds. The van der Waals surface area contributed by atoms with Crippen LogP contribution in [-0.4, -0.2) is 34.7 Å². The molecule has 0 spiro atoms. The van der Waals surface area contributed by atoms with Crippen molar-refractivity contribution in [1.29, 1.82) is 0 Å². The van der Waals surface area contributed by atoms with Gasteiger partial charge >= 0.3 is 0 Å². The molecule has 1 aromatic rings. The van der Waals surface area contributed by atoms with Crippen LogP contribution in [0.4, 0.5) is 0 Å². The second kappa shape index (κ2) is 4.47. The van der Waals surface area contributed by atoms with Crippen molar-refractivity contribution in [3.63, 3.8) is 0 Å². The fourth-order valence-corrected chi connectivity index (χ4v) is 2.82. The van der Waals surface area contributed by atoms with Crippen molar-refractivity contribution in [3.8, 4) is 0 Å². The molecule has 0 radical (unpaired) electrons. The van der Waals surface area contributed by atoms with Gasteiger partial charge in [0.05, 0.1) is 9.35 Å². The fraction of sp³-hybridized carbons (Fsp3) is 0.364. The standard InChI is InChI=1S/C11H11BrN2O3S/c1-11(2)10(17)13-8(15)4-14(11)9(16)6-3-7(12)18-5-6/h3,5H,4H2,1-2H3,(H,13,15,17). The Hall–Kier alpha value is -1.21. The van der Waals surface area contributed by atoms with Crippen LogP contribution in [0.1, 0.15) is 24.2 Å². The number of imide groups is 1. The van der Waals surface area contributed by atoms with Crippen molar-refractivity contribution >= 4 is 45.0 Å². The van der Waals surface area contributed by atoms with Crippen molar-refractivity contribution in [3.05, 3.63) is 20.8 Å². The number of piperazine rings is 1. The molecule has 0 bridgehead atoms. The number of rotatable bonds is 1. The lowest BCUT2D eigenvalue weighted by atomic mass is 9.98. The number of thiophene rings is 1. The lowest BCUT2D eigenvalue weighted by Crippen LogP contribution is -2.65. The van der Waals surface area contributed by atoms with Crippen molar-refractivity contribution in [1.82, 2.24) is 10.2 Å². The molecule has 18 heavy (non-hydrogen) atoms. The van der Waals surface area contributed by atoms with Gasteiger partial charge in [0, 0.05) is 5.38 Å². The van der Waals surface area contributed by atoms with Crippen molar-refractivity contribution in [2.45, 2.75) is 19.4 Å². The molecular formula is C11H11BrN2O3S. The molecule has 0 unspecified atom stereocenters. The largest absolute Gasteiger partial charge is 0.315 e. The Kier molecular flexibility index (Phi) is 3.29. The fourth-order valence-electron chi connectivity index (χ4n) is 1.69. The van der Waals surface area contributed by atoms with Gasteiger partial charge in [0.1, 0.15) is 12.1 Å². The molecule has 2 rings (SSSR count). The SMILES string of the molecule is CC1(C)C(=O)NC(=O)CN1C(=O)c1csc(Br)c1. The second-order valence-corrected chi connectivity index (χ2v) is 6.76. The summed E-state index contributed by atoms with van der Waals surface area (Å²) in [5.41, 5.74) is -0.554. The lowest BCUT2D eigenvalue weighted by Gasteiger charge is -2.39. The van der Waals surface area contributed by atoms with Crippen LogP contribution in [0.25, 0.3) is 0 Å². The summed E-state index contributed by atoms with van der Waals surface area (Å²) in [5, 5.41) is 3.93. The van der Waals surface area contributed by atoms with Gasteiger partial charge in [-0.2, -0.15) is 0 Å². The zero-order chi connectivity index (χ0) is 13.5. The van der Waals surface area contributed by atoms with E-state index in [1.807, 2.05) is 0 Å². The van der Waals surface area contributed by atoms with E-state index in [0.29, 0.717) is 5.56 Å². The third kappa shape index (κ3) is 2.20. The summed E-state index contributed by atoms with van der Waals surface area (Å²) < 4.78 is 0.830. The van der Waals surface area contributed by atoms with Gasteiger partial charge in [0.25, 0.3) is 11.8 Å². The molecule has 1 saturated heterocycles. The van der Waals surface area contributed by atoms with Crippen molar-refractivity contribution in [2.24, 2.45) is 0 Å². The van der Waals surface area contributed by atoms with E-state index < -0.39 is 17.4 Å². The van der Waals surface area contributed by atoms with E-state index in [1.54, 1.807) is 25.3 Å². The molecule has 0 saturated carbocycles. The maximum atomic E-state index is 12.3. The summed E-state index contributed by atoms with van der Waals surface area (Å²) in [4.78, 5) is 36.7. The summed E-state index contributed by atoms with van der Waals surface area (Å²) in [6.07, 6.45) is 0. The molecule has 0 aliphatic carbocycles. The van der Waals surface area contributed by atoms with Crippen LogP contribution in [0.3, 0.4) is 0 Å².